The number of hydrogen-bond acceptors (Lipinski definition) is 2. The molecule has 2 N–H and O–H groups in total. The van der Waals surface area contributed by atoms with Gasteiger partial charge in [-0.15, -0.1) is 0 Å². The molecule has 0 radical (unpaired) electrons. The number of aromatic nitrogens is 2. The van der Waals surface area contributed by atoms with Crippen molar-refractivity contribution in [3.63, 3.8) is 0 Å². The minimum Gasteiger partial charge on any atom is -0.478 e. The Morgan fingerprint density at radius 1 is 1.14 bits per heavy atom. The van der Waals surface area contributed by atoms with Crippen molar-refractivity contribution in [2.75, 3.05) is 0 Å². The topological polar surface area (TPSA) is 66.0 Å². The number of nitrogens with one attached hydrogen (secondary N) is 1. The first-order chi connectivity index (χ1) is 10.1. The van der Waals surface area contributed by atoms with Gasteiger partial charge in [-0.1, -0.05) is 42.0 Å². The normalized spacial score (nSPS) is 11.3. The molecule has 0 saturated carbocycles. The van der Waals surface area contributed by atoms with Gasteiger partial charge in [0.25, 0.3) is 0 Å². The first-order valence-corrected chi connectivity index (χ1v) is 6.60. The van der Waals surface area contributed by atoms with Crippen LogP contribution in [0.15, 0.2) is 42.5 Å². The summed E-state index contributed by atoms with van der Waals surface area (Å²) in [5.41, 5.74) is 3.71. The van der Waals surface area contributed by atoms with Crippen LogP contribution in [0.4, 0.5) is 0 Å². The molecule has 2 aromatic carbocycles. The maximum Gasteiger partial charge on any atom is 0.337 e. The highest BCUT2D eigenvalue weighted by Crippen LogP contribution is 2.18. The number of carbonyl (C=O) groups is 1. The van der Waals surface area contributed by atoms with Crippen molar-refractivity contribution >= 4 is 29.2 Å². The van der Waals surface area contributed by atoms with Gasteiger partial charge in [0.15, 0.2) is 0 Å². The van der Waals surface area contributed by atoms with Crippen LogP contribution in [0.25, 0.3) is 23.2 Å². The molecule has 3 rings (SSSR count). The molecule has 0 aliphatic rings. The van der Waals surface area contributed by atoms with Crippen molar-refractivity contribution in [1.29, 1.82) is 0 Å². The van der Waals surface area contributed by atoms with Crippen LogP contribution in [-0.2, 0) is 0 Å². The molecule has 0 aliphatic carbocycles. The number of rotatable bonds is 3. The monoisotopic (exact) mass is 278 g/mol. The number of nitrogens with zero attached hydrogens (tertiary/aromatic N) is 1. The van der Waals surface area contributed by atoms with E-state index in [-0.39, 0.29) is 5.56 Å². The fraction of sp³-hybridized carbons (Fsp3) is 0.0588. The summed E-state index contributed by atoms with van der Waals surface area (Å²) in [4.78, 5) is 18.6. The summed E-state index contributed by atoms with van der Waals surface area (Å²) in [7, 11) is 0. The lowest BCUT2D eigenvalue weighted by molar-refractivity contribution is 0.0699. The van der Waals surface area contributed by atoms with Crippen molar-refractivity contribution < 1.29 is 9.90 Å². The number of H-pyrrole nitrogens is 1. The summed E-state index contributed by atoms with van der Waals surface area (Å²) in [6.07, 6.45) is 3.79. The van der Waals surface area contributed by atoms with E-state index in [9.17, 15) is 4.79 Å². The van der Waals surface area contributed by atoms with E-state index in [1.165, 1.54) is 5.56 Å². The number of fused-ring (bicyclic) bond motifs is 1. The van der Waals surface area contributed by atoms with Gasteiger partial charge in [-0.25, -0.2) is 9.78 Å². The first-order valence-electron chi connectivity index (χ1n) is 6.60. The molecule has 1 aromatic heterocycles. The second-order valence-corrected chi connectivity index (χ2v) is 4.87. The predicted molar refractivity (Wildman–Crippen MR) is 83.2 cm³/mol. The Morgan fingerprint density at radius 3 is 2.62 bits per heavy atom. The van der Waals surface area contributed by atoms with E-state index in [2.05, 4.69) is 9.97 Å². The Morgan fingerprint density at radius 2 is 1.90 bits per heavy atom. The highest BCUT2D eigenvalue weighted by Gasteiger charge is 2.10. The molecule has 3 aromatic rings. The second kappa shape index (κ2) is 5.25. The van der Waals surface area contributed by atoms with Crippen molar-refractivity contribution in [2.45, 2.75) is 6.92 Å². The van der Waals surface area contributed by atoms with Crippen LogP contribution in [0.2, 0.25) is 0 Å². The number of benzene rings is 2. The summed E-state index contributed by atoms with van der Waals surface area (Å²) < 4.78 is 0. The number of aryl methyl sites for hydroxylation is 1. The predicted octanol–water partition coefficient (Wildman–Crippen LogP) is 3.74. The Bertz CT molecular complexity index is 830. The number of carboxylic acids is 1. The van der Waals surface area contributed by atoms with Crippen LogP contribution in [0.3, 0.4) is 0 Å². The number of hydrogen-bond donors (Lipinski definition) is 2. The maximum absolute atomic E-state index is 11.2. The summed E-state index contributed by atoms with van der Waals surface area (Å²) >= 11 is 0. The Balaban J connectivity index is 1.96. The van der Waals surface area contributed by atoms with Gasteiger partial charge in [-0.2, -0.15) is 0 Å². The fourth-order valence-corrected chi connectivity index (χ4v) is 2.16. The lowest BCUT2D eigenvalue weighted by atomic mass is 10.1. The third-order valence-corrected chi connectivity index (χ3v) is 3.28. The number of imidazole rings is 1. The zero-order valence-electron chi connectivity index (χ0n) is 11.5. The molecule has 0 saturated heterocycles. The molecule has 104 valence electrons. The van der Waals surface area contributed by atoms with E-state index in [0.29, 0.717) is 16.9 Å². The highest BCUT2D eigenvalue weighted by molar-refractivity contribution is 6.01. The van der Waals surface area contributed by atoms with Crippen LogP contribution in [0.5, 0.6) is 0 Å². The molecule has 4 heteroatoms. The third-order valence-electron chi connectivity index (χ3n) is 3.28. The van der Waals surface area contributed by atoms with Gasteiger partial charge < -0.3 is 10.1 Å². The van der Waals surface area contributed by atoms with Gasteiger partial charge >= 0.3 is 5.97 Å². The van der Waals surface area contributed by atoms with Crippen molar-refractivity contribution in [3.05, 3.63) is 65.0 Å². The highest BCUT2D eigenvalue weighted by atomic mass is 16.4. The van der Waals surface area contributed by atoms with E-state index >= 15 is 0 Å². The van der Waals surface area contributed by atoms with Gasteiger partial charge in [0, 0.05) is 0 Å². The first kappa shape index (κ1) is 13.1. The Hall–Kier alpha value is -2.88. The van der Waals surface area contributed by atoms with E-state index in [1.807, 2.05) is 43.3 Å². The van der Waals surface area contributed by atoms with Crippen LogP contribution in [0, 0.1) is 6.92 Å². The molecule has 0 amide bonds. The van der Waals surface area contributed by atoms with Gasteiger partial charge in [0.1, 0.15) is 5.82 Å². The number of para-hydroxylation sites is 1. The Labute approximate surface area is 121 Å². The quantitative estimate of drug-likeness (QED) is 0.767. The molecule has 0 aliphatic heterocycles. The summed E-state index contributed by atoms with van der Waals surface area (Å²) in [6, 6.07) is 13.2. The SMILES string of the molecule is Cc1ccc(C=Cc2nc3cccc(C(=O)O)c3[nH]2)cc1. The standard InChI is InChI=1S/C17H14N2O2/c1-11-5-7-12(8-6-11)9-10-15-18-14-4-2-3-13(17(20)21)16(14)19-15/h2-10H,1H3,(H,18,19)(H,20,21). The van der Waals surface area contributed by atoms with Gasteiger partial charge in [0.2, 0.25) is 0 Å². The lowest BCUT2D eigenvalue weighted by Crippen LogP contribution is -1.96. The number of carboxylic acid groups (broad SMARTS) is 1. The molecule has 0 spiro atoms. The van der Waals surface area contributed by atoms with Gasteiger partial charge in [0.05, 0.1) is 16.6 Å². The van der Waals surface area contributed by atoms with E-state index in [1.54, 1.807) is 18.2 Å². The molecule has 4 nitrogen and oxygen atoms in total. The van der Waals surface area contributed by atoms with E-state index in [0.717, 1.165) is 5.56 Å². The summed E-state index contributed by atoms with van der Waals surface area (Å²) in [5.74, 6) is -0.322. The van der Waals surface area contributed by atoms with E-state index in [4.69, 9.17) is 5.11 Å². The number of aromatic amines is 1. The largest absolute Gasteiger partial charge is 0.478 e. The van der Waals surface area contributed by atoms with Gasteiger partial charge in [-0.3, -0.25) is 0 Å². The minimum atomic E-state index is -0.960. The molecule has 21 heavy (non-hydrogen) atoms. The molecule has 0 atom stereocenters. The molecule has 0 unspecified atom stereocenters. The minimum absolute atomic E-state index is 0.231. The second-order valence-electron chi connectivity index (χ2n) is 4.87. The van der Waals surface area contributed by atoms with Crippen molar-refractivity contribution in [3.8, 4) is 0 Å². The molecule has 0 bridgehead atoms. The lowest BCUT2D eigenvalue weighted by Gasteiger charge is -1.94. The fourth-order valence-electron chi connectivity index (χ4n) is 2.16. The van der Waals surface area contributed by atoms with Crippen LogP contribution < -0.4 is 0 Å². The van der Waals surface area contributed by atoms with Crippen LogP contribution in [0.1, 0.15) is 27.3 Å². The molecular weight excluding hydrogens is 264 g/mol. The van der Waals surface area contributed by atoms with E-state index < -0.39 is 5.97 Å². The smallest absolute Gasteiger partial charge is 0.337 e. The van der Waals surface area contributed by atoms with Crippen molar-refractivity contribution in [1.82, 2.24) is 9.97 Å². The third kappa shape index (κ3) is 2.69. The molecular formula is C17H14N2O2. The van der Waals surface area contributed by atoms with Crippen molar-refractivity contribution in [2.24, 2.45) is 0 Å². The van der Waals surface area contributed by atoms with Gasteiger partial charge in [-0.05, 0) is 30.7 Å². The summed E-state index contributed by atoms with van der Waals surface area (Å²) in [5, 5.41) is 9.16. The summed E-state index contributed by atoms with van der Waals surface area (Å²) in [6.45, 7) is 2.04. The number of aromatic carboxylic acids is 1. The maximum atomic E-state index is 11.2. The zero-order chi connectivity index (χ0) is 14.8. The average Bonchev–Trinajstić information content (AvgIpc) is 2.89. The zero-order valence-corrected chi connectivity index (χ0v) is 11.5. The molecule has 1 heterocycles. The Kier molecular flexibility index (Phi) is 3.28. The van der Waals surface area contributed by atoms with Crippen LogP contribution >= 0.6 is 0 Å². The molecule has 0 fully saturated rings. The van der Waals surface area contributed by atoms with Crippen LogP contribution in [-0.4, -0.2) is 21.0 Å². The average molecular weight is 278 g/mol.